The SMILES string of the molecule is CC(C)(CO)C1CCCN1Cc1ccccc1. The number of benzene rings is 1. The lowest BCUT2D eigenvalue weighted by Crippen LogP contribution is -2.42. The third kappa shape index (κ3) is 2.88. The Morgan fingerprint density at radius 3 is 2.65 bits per heavy atom. The fourth-order valence-corrected chi connectivity index (χ4v) is 2.82. The molecule has 2 rings (SSSR count). The van der Waals surface area contributed by atoms with E-state index in [4.69, 9.17) is 0 Å². The quantitative estimate of drug-likeness (QED) is 0.864. The van der Waals surface area contributed by atoms with Crippen molar-refractivity contribution in [2.24, 2.45) is 5.41 Å². The van der Waals surface area contributed by atoms with Gasteiger partial charge in [0.1, 0.15) is 0 Å². The van der Waals surface area contributed by atoms with Crippen molar-refractivity contribution in [2.45, 2.75) is 39.3 Å². The van der Waals surface area contributed by atoms with Crippen LogP contribution in [0.4, 0.5) is 0 Å². The molecule has 0 spiro atoms. The summed E-state index contributed by atoms with van der Waals surface area (Å²) in [6.07, 6.45) is 2.46. The monoisotopic (exact) mass is 233 g/mol. The van der Waals surface area contributed by atoms with E-state index in [1.54, 1.807) is 0 Å². The molecular formula is C15H23NO. The van der Waals surface area contributed by atoms with Gasteiger partial charge in [-0.2, -0.15) is 0 Å². The predicted octanol–water partition coefficient (Wildman–Crippen LogP) is 2.67. The van der Waals surface area contributed by atoms with Gasteiger partial charge in [-0.1, -0.05) is 44.2 Å². The molecule has 1 aliphatic rings. The van der Waals surface area contributed by atoms with Crippen molar-refractivity contribution in [3.63, 3.8) is 0 Å². The summed E-state index contributed by atoms with van der Waals surface area (Å²) in [5.41, 5.74) is 1.37. The van der Waals surface area contributed by atoms with Gasteiger partial charge in [-0.25, -0.2) is 0 Å². The Labute approximate surface area is 104 Å². The summed E-state index contributed by atoms with van der Waals surface area (Å²) in [7, 11) is 0. The van der Waals surface area contributed by atoms with Gasteiger partial charge in [0.25, 0.3) is 0 Å². The van der Waals surface area contributed by atoms with Crippen LogP contribution in [0.25, 0.3) is 0 Å². The lowest BCUT2D eigenvalue weighted by molar-refractivity contribution is 0.0588. The Balaban J connectivity index is 2.06. The second-order valence-corrected chi connectivity index (χ2v) is 5.76. The molecule has 1 fully saturated rings. The van der Waals surface area contributed by atoms with E-state index >= 15 is 0 Å². The third-order valence-electron chi connectivity index (χ3n) is 3.90. The van der Waals surface area contributed by atoms with Crippen molar-refractivity contribution in [1.29, 1.82) is 0 Å². The number of hydrogen-bond donors (Lipinski definition) is 1. The highest BCUT2D eigenvalue weighted by molar-refractivity contribution is 5.15. The molecule has 1 aliphatic heterocycles. The normalized spacial score (nSPS) is 21.9. The topological polar surface area (TPSA) is 23.5 Å². The summed E-state index contributed by atoms with van der Waals surface area (Å²) in [5, 5.41) is 9.51. The van der Waals surface area contributed by atoms with Crippen LogP contribution in [0.5, 0.6) is 0 Å². The first-order valence-electron chi connectivity index (χ1n) is 6.52. The van der Waals surface area contributed by atoms with Crippen LogP contribution in [0, 0.1) is 5.41 Å². The predicted molar refractivity (Wildman–Crippen MR) is 70.7 cm³/mol. The Bertz CT molecular complexity index is 347. The molecule has 1 atom stereocenters. The molecule has 94 valence electrons. The van der Waals surface area contributed by atoms with E-state index in [1.807, 2.05) is 0 Å². The Hall–Kier alpha value is -0.860. The average Bonchev–Trinajstić information content (AvgIpc) is 2.79. The molecule has 1 saturated heterocycles. The van der Waals surface area contributed by atoms with E-state index in [9.17, 15) is 5.11 Å². The molecule has 0 bridgehead atoms. The second-order valence-electron chi connectivity index (χ2n) is 5.76. The Morgan fingerprint density at radius 2 is 2.00 bits per heavy atom. The van der Waals surface area contributed by atoms with Gasteiger partial charge in [-0.15, -0.1) is 0 Å². The van der Waals surface area contributed by atoms with E-state index in [0.29, 0.717) is 6.04 Å². The van der Waals surface area contributed by atoms with Gasteiger partial charge in [0, 0.05) is 24.6 Å². The van der Waals surface area contributed by atoms with Crippen LogP contribution in [-0.4, -0.2) is 29.2 Å². The van der Waals surface area contributed by atoms with Crippen LogP contribution in [0.1, 0.15) is 32.3 Å². The van der Waals surface area contributed by atoms with Crippen LogP contribution in [0.3, 0.4) is 0 Å². The van der Waals surface area contributed by atoms with Crippen LogP contribution in [0.2, 0.25) is 0 Å². The summed E-state index contributed by atoms with van der Waals surface area (Å²) in [6, 6.07) is 11.1. The highest BCUT2D eigenvalue weighted by atomic mass is 16.3. The minimum Gasteiger partial charge on any atom is -0.396 e. The third-order valence-corrected chi connectivity index (χ3v) is 3.90. The van der Waals surface area contributed by atoms with Crippen molar-refractivity contribution in [2.75, 3.05) is 13.2 Å². The summed E-state index contributed by atoms with van der Waals surface area (Å²) < 4.78 is 0. The van der Waals surface area contributed by atoms with Crippen molar-refractivity contribution in [3.05, 3.63) is 35.9 Å². The van der Waals surface area contributed by atoms with Crippen molar-refractivity contribution < 1.29 is 5.11 Å². The minimum atomic E-state index is 0.00524. The molecule has 0 aliphatic carbocycles. The number of rotatable bonds is 4. The average molecular weight is 233 g/mol. The van der Waals surface area contributed by atoms with E-state index in [0.717, 1.165) is 13.1 Å². The molecule has 1 unspecified atom stereocenters. The number of aliphatic hydroxyl groups is 1. The standard InChI is InChI=1S/C15H23NO/c1-15(2,12-17)14-9-6-10-16(14)11-13-7-4-3-5-8-13/h3-5,7-8,14,17H,6,9-12H2,1-2H3. The Morgan fingerprint density at radius 1 is 1.29 bits per heavy atom. The summed E-state index contributed by atoms with van der Waals surface area (Å²) in [5.74, 6) is 0. The molecule has 0 radical (unpaired) electrons. The maximum absolute atomic E-state index is 9.51. The molecule has 2 heteroatoms. The van der Waals surface area contributed by atoms with Crippen LogP contribution in [-0.2, 0) is 6.54 Å². The highest BCUT2D eigenvalue weighted by Gasteiger charge is 2.36. The first kappa shape index (κ1) is 12.6. The van der Waals surface area contributed by atoms with E-state index in [2.05, 4.69) is 49.1 Å². The van der Waals surface area contributed by atoms with Gasteiger partial charge in [0.2, 0.25) is 0 Å². The molecule has 1 aromatic carbocycles. The zero-order chi connectivity index (χ0) is 12.3. The summed E-state index contributed by atoms with van der Waals surface area (Å²) in [6.45, 7) is 6.77. The van der Waals surface area contributed by atoms with Gasteiger partial charge in [0.05, 0.1) is 0 Å². The zero-order valence-corrected chi connectivity index (χ0v) is 10.9. The van der Waals surface area contributed by atoms with Crippen molar-refractivity contribution in [3.8, 4) is 0 Å². The number of nitrogens with zero attached hydrogens (tertiary/aromatic N) is 1. The van der Waals surface area contributed by atoms with Gasteiger partial charge >= 0.3 is 0 Å². The van der Waals surface area contributed by atoms with Crippen LogP contribution < -0.4 is 0 Å². The van der Waals surface area contributed by atoms with Gasteiger partial charge in [-0.3, -0.25) is 4.90 Å². The second kappa shape index (κ2) is 5.19. The van der Waals surface area contributed by atoms with Crippen LogP contribution >= 0.6 is 0 Å². The number of hydrogen-bond acceptors (Lipinski definition) is 2. The first-order chi connectivity index (χ1) is 8.13. The van der Waals surface area contributed by atoms with Crippen LogP contribution in [0.15, 0.2) is 30.3 Å². The van der Waals surface area contributed by atoms with Gasteiger partial charge < -0.3 is 5.11 Å². The fraction of sp³-hybridized carbons (Fsp3) is 0.600. The molecule has 1 heterocycles. The lowest BCUT2D eigenvalue weighted by Gasteiger charge is -2.36. The molecular weight excluding hydrogens is 210 g/mol. The molecule has 0 aromatic heterocycles. The Kier molecular flexibility index (Phi) is 3.85. The minimum absolute atomic E-state index is 0.00524. The maximum Gasteiger partial charge on any atom is 0.0497 e. The molecule has 0 amide bonds. The van der Waals surface area contributed by atoms with E-state index in [1.165, 1.54) is 18.4 Å². The van der Waals surface area contributed by atoms with Gasteiger partial charge in [-0.05, 0) is 24.9 Å². The molecule has 0 saturated carbocycles. The highest BCUT2D eigenvalue weighted by Crippen LogP contribution is 2.33. The first-order valence-corrected chi connectivity index (χ1v) is 6.52. The van der Waals surface area contributed by atoms with Crippen molar-refractivity contribution >= 4 is 0 Å². The lowest BCUT2D eigenvalue weighted by atomic mass is 9.83. The molecule has 17 heavy (non-hydrogen) atoms. The van der Waals surface area contributed by atoms with Crippen molar-refractivity contribution in [1.82, 2.24) is 4.90 Å². The zero-order valence-electron chi connectivity index (χ0n) is 10.9. The maximum atomic E-state index is 9.51. The number of likely N-dealkylation sites (tertiary alicyclic amines) is 1. The van der Waals surface area contributed by atoms with E-state index < -0.39 is 0 Å². The number of aliphatic hydroxyl groups excluding tert-OH is 1. The molecule has 1 N–H and O–H groups in total. The largest absolute Gasteiger partial charge is 0.396 e. The van der Waals surface area contributed by atoms with Gasteiger partial charge in [0.15, 0.2) is 0 Å². The molecule has 2 nitrogen and oxygen atoms in total. The summed E-state index contributed by atoms with van der Waals surface area (Å²) >= 11 is 0. The van der Waals surface area contributed by atoms with E-state index in [-0.39, 0.29) is 12.0 Å². The summed E-state index contributed by atoms with van der Waals surface area (Å²) in [4.78, 5) is 2.52. The fourth-order valence-electron chi connectivity index (χ4n) is 2.82. The smallest absolute Gasteiger partial charge is 0.0497 e. The molecule has 1 aromatic rings.